The van der Waals surface area contributed by atoms with E-state index >= 15 is 0 Å². The lowest BCUT2D eigenvalue weighted by Crippen LogP contribution is -2.32. The summed E-state index contributed by atoms with van der Waals surface area (Å²) < 4.78 is 5.51. The molecule has 0 fully saturated rings. The van der Waals surface area contributed by atoms with Gasteiger partial charge in [0.05, 0.1) is 6.61 Å². The number of hydrogen-bond donors (Lipinski definition) is 1. The van der Waals surface area contributed by atoms with Gasteiger partial charge in [-0.05, 0) is 19.4 Å². The number of rotatable bonds is 38. The van der Waals surface area contributed by atoms with E-state index in [4.69, 9.17) is 4.74 Å². The Kier molecular flexibility index (Phi) is 38.0. The molecule has 0 aromatic heterocycles. The zero-order chi connectivity index (χ0) is 32.0. The molecule has 0 aliphatic carbocycles. The van der Waals surface area contributed by atoms with Crippen LogP contribution in [-0.2, 0) is 9.53 Å². The van der Waals surface area contributed by atoms with Crippen molar-refractivity contribution < 1.29 is 14.6 Å². The van der Waals surface area contributed by atoms with Gasteiger partial charge in [0.15, 0.2) is 0 Å². The molecule has 0 saturated heterocycles. The summed E-state index contributed by atoms with van der Waals surface area (Å²) >= 11 is 0. The molecule has 264 valence electrons. The number of aliphatic hydroxyl groups is 1. The predicted molar refractivity (Wildman–Crippen MR) is 194 cm³/mol. The molecule has 0 unspecified atom stereocenters. The summed E-state index contributed by atoms with van der Waals surface area (Å²) in [4.78, 5) is 14.4. The number of hydrogen-bond acceptors (Lipinski definition) is 4. The van der Waals surface area contributed by atoms with Gasteiger partial charge in [-0.15, -0.1) is 0 Å². The summed E-state index contributed by atoms with van der Waals surface area (Å²) in [5.41, 5.74) is 0. The van der Waals surface area contributed by atoms with Gasteiger partial charge in [0.1, 0.15) is 6.61 Å². The van der Waals surface area contributed by atoms with E-state index in [1.165, 1.54) is 186 Å². The first-order valence-electron chi connectivity index (χ1n) is 20.2. The number of nitrogens with zero attached hydrogens (tertiary/aromatic N) is 1. The Morgan fingerprint density at radius 1 is 0.432 bits per heavy atom. The largest absolute Gasteiger partial charge is 0.464 e. The summed E-state index contributed by atoms with van der Waals surface area (Å²) in [5, 5.41) is 9.43. The fraction of sp³-hybridized carbons (Fsp3) is 0.975. The molecule has 0 heterocycles. The predicted octanol–water partition coefficient (Wildman–Crippen LogP) is 12.3. The summed E-state index contributed by atoms with van der Waals surface area (Å²) in [7, 11) is 0. The van der Waals surface area contributed by atoms with E-state index in [2.05, 4.69) is 18.7 Å². The summed E-state index contributed by atoms with van der Waals surface area (Å²) in [6.07, 6.45) is 42.8. The lowest BCUT2D eigenvalue weighted by atomic mass is 10.0. The van der Waals surface area contributed by atoms with Crippen molar-refractivity contribution in [2.45, 2.75) is 219 Å². The maximum atomic E-state index is 12.1. The Balaban J connectivity index is 3.46. The van der Waals surface area contributed by atoms with Crippen molar-refractivity contribution in [2.24, 2.45) is 0 Å². The van der Waals surface area contributed by atoms with Crippen LogP contribution in [0.1, 0.15) is 219 Å². The Labute approximate surface area is 277 Å². The molecular weight excluding hydrogens is 542 g/mol. The first kappa shape index (κ1) is 43.4. The van der Waals surface area contributed by atoms with Crippen LogP contribution in [-0.4, -0.2) is 48.8 Å². The lowest BCUT2D eigenvalue weighted by Gasteiger charge is -2.21. The second-order valence-electron chi connectivity index (χ2n) is 13.8. The minimum atomic E-state index is -0.0500. The minimum absolute atomic E-state index is 0.0500. The molecule has 0 aliphatic rings. The Hall–Kier alpha value is -0.610. The molecule has 1 N–H and O–H groups in total. The van der Waals surface area contributed by atoms with Crippen molar-refractivity contribution in [2.75, 3.05) is 32.8 Å². The standard InChI is InChI=1S/C40H81NO3/c1-3-5-7-9-11-13-15-17-19-21-23-25-27-29-31-33-35-41(36-38-42)37-39-44-40(43)34-32-30-28-26-24-22-20-18-16-14-12-10-8-6-4-2/h42H,3-39H2,1-2H3. The molecule has 0 rings (SSSR count). The quantitative estimate of drug-likeness (QED) is 0.0549. The first-order chi connectivity index (χ1) is 21.7. The molecule has 0 bridgehead atoms. The van der Waals surface area contributed by atoms with E-state index in [1.807, 2.05) is 0 Å². The smallest absolute Gasteiger partial charge is 0.305 e. The zero-order valence-electron chi connectivity index (χ0n) is 30.4. The van der Waals surface area contributed by atoms with Crippen molar-refractivity contribution in [3.8, 4) is 0 Å². The first-order valence-corrected chi connectivity index (χ1v) is 20.2. The third kappa shape index (κ3) is 35.9. The molecule has 0 saturated carbocycles. The molecule has 0 radical (unpaired) electrons. The maximum Gasteiger partial charge on any atom is 0.305 e. The van der Waals surface area contributed by atoms with Gasteiger partial charge in [0, 0.05) is 19.5 Å². The van der Waals surface area contributed by atoms with Crippen molar-refractivity contribution in [1.29, 1.82) is 0 Å². The third-order valence-electron chi connectivity index (χ3n) is 9.40. The van der Waals surface area contributed by atoms with Crippen LogP contribution in [0, 0.1) is 0 Å². The van der Waals surface area contributed by atoms with E-state index in [0.717, 1.165) is 25.9 Å². The second kappa shape index (κ2) is 38.6. The number of aliphatic hydroxyl groups excluding tert-OH is 1. The van der Waals surface area contributed by atoms with Gasteiger partial charge in [-0.1, -0.05) is 200 Å². The normalized spacial score (nSPS) is 11.5. The van der Waals surface area contributed by atoms with Crippen LogP contribution in [0.25, 0.3) is 0 Å². The zero-order valence-corrected chi connectivity index (χ0v) is 30.4. The van der Waals surface area contributed by atoms with Crippen LogP contribution in [0.5, 0.6) is 0 Å². The SMILES string of the molecule is CCCCCCCCCCCCCCCCCCN(CCO)CCOC(=O)CCCCCCCCCCCCCCCCC. The monoisotopic (exact) mass is 624 g/mol. The Morgan fingerprint density at radius 2 is 0.750 bits per heavy atom. The number of unbranched alkanes of at least 4 members (excludes halogenated alkanes) is 29. The van der Waals surface area contributed by atoms with Gasteiger partial charge in [0.2, 0.25) is 0 Å². The van der Waals surface area contributed by atoms with Gasteiger partial charge < -0.3 is 9.84 Å². The van der Waals surface area contributed by atoms with Crippen LogP contribution >= 0.6 is 0 Å². The molecular formula is C40H81NO3. The Bertz CT molecular complexity index is 541. The van der Waals surface area contributed by atoms with Crippen LogP contribution in [0.2, 0.25) is 0 Å². The average Bonchev–Trinajstić information content (AvgIpc) is 3.02. The highest BCUT2D eigenvalue weighted by Gasteiger charge is 2.07. The highest BCUT2D eigenvalue weighted by Crippen LogP contribution is 2.15. The highest BCUT2D eigenvalue weighted by molar-refractivity contribution is 5.69. The fourth-order valence-corrected chi connectivity index (χ4v) is 6.36. The number of esters is 1. The van der Waals surface area contributed by atoms with E-state index in [9.17, 15) is 9.90 Å². The molecule has 4 nitrogen and oxygen atoms in total. The van der Waals surface area contributed by atoms with Crippen molar-refractivity contribution in [1.82, 2.24) is 4.90 Å². The van der Waals surface area contributed by atoms with Crippen LogP contribution < -0.4 is 0 Å². The number of carbonyl (C=O) groups is 1. The number of carbonyl (C=O) groups excluding carboxylic acids is 1. The van der Waals surface area contributed by atoms with Gasteiger partial charge in [0.25, 0.3) is 0 Å². The van der Waals surface area contributed by atoms with E-state index in [1.54, 1.807) is 0 Å². The van der Waals surface area contributed by atoms with Crippen LogP contribution in [0.15, 0.2) is 0 Å². The van der Waals surface area contributed by atoms with Crippen LogP contribution in [0.4, 0.5) is 0 Å². The molecule has 0 amide bonds. The molecule has 0 aliphatic heterocycles. The lowest BCUT2D eigenvalue weighted by molar-refractivity contribution is -0.144. The molecule has 0 aromatic rings. The van der Waals surface area contributed by atoms with E-state index in [-0.39, 0.29) is 12.6 Å². The minimum Gasteiger partial charge on any atom is -0.464 e. The maximum absolute atomic E-state index is 12.1. The van der Waals surface area contributed by atoms with Crippen molar-refractivity contribution in [3.05, 3.63) is 0 Å². The fourth-order valence-electron chi connectivity index (χ4n) is 6.36. The third-order valence-corrected chi connectivity index (χ3v) is 9.40. The van der Waals surface area contributed by atoms with E-state index in [0.29, 0.717) is 19.6 Å². The number of ether oxygens (including phenoxy) is 1. The topological polar surface area (TPSA) is 49.8 Å². The van der Waals surface area contributed by atoms with E-state index < -0.39 is 0 Å². The molecule has 4 heteroatoms. The van der Waals surface area contributed by atoms with Crippen molar-refractivity contribution in [3.63, 3.8) is 0 Å². The second-order valence-corrected chi connectivity index (χ2v) is 13.8. The summed E-state index contributed by atoms with van der Waals surface area (Å²) in [5.74, 6) is -0.0500. The van der Waals surface area contributed by atoms with Crippen LogP contribution in [0.3, 0.4) is 0 Å². The molecule has 0 aromatic carbocycles. The molecule has 0 atom stereocenters. The summed E-state index contributed by atoms with van der Waals surface area (Å²) in [6.45, 7) is 7.61. The highest BCUT2D eigenvalue weighted by atomic mass is 16.5. The molecule has 44 heavy (non-hydrogen) atoms. The van der Waals surface area contributed by atoms with Gasteiger partial charge >= 0.3 is 5.97 Å². The van der Waals surface area contributed by atoms with Gasteiger partial charge in [-0.3, -0.25) is 9.69 Å². The Morgan fingerprint density at radius 3 is 1.09 bits per heavy atom. The van der Waals surface area contributed by atoms with Gasteiger partial charge in [-0.2, -0.15) is 0 Å². The molecule has 0 spiro atoms. The summed E-state index contributed by atoms with van der Waals surface area (Å²) in [6, 6.07) is 0. The average molecular weight is 624 g/mol. The van der Waals surface area contributed by atoms with Crippen molar-refractivity contribution >= 4 is 5.97 Å². The van der Waals surface area contributed by atoms with Gasteiger partial charge in [-0.25, -0.2) is 0 Å².